The molecule has 0 saturated carbocycles. The first kappa shape index (κ1) is 25.1. The van der Waals surface area contributed by atoms with Crippen LogP contribution in [0.4, 0.5) is 17.1 Å². The first-order valence-electron chi connectivity index (χ1n) is 14.4. The third-order valence-corrected chi connectivity index (χ3v) is 9.37. The van der Waals surface area contributed by atoms with Crippen LogP contribution in [0, 0.1) is 0 Å². The summed E-state index contributed by atoms with van der Waals surface area (Å²) in [5, 5.41) is 2.49. The summed E-state index contributed by atoms with van der Waals surface area (Å²) in [6.45, 7) is 4.69. The Hall–Kier alpha value is -4.60. The first-order chi connectivity index (χ1) is 20.5. The largest absolute Gasteiger partial charge is 0.310 e. The number of hydrogen-bond acceptors (Lipinski definition) is 1. The van der Waals surface area contributed by atoms with Crippen molar-refractivity contribution in [3.8, 4) is 16.8 Å². The molecule has 6 aromatic carbocycles. The van der Waals surface area contributed by atoms with Crippen molar-refractivity contribution in [1.29, 1.82) is 0 Å². The van der Waals surface area contributed by atoms with Crippen LogP contribution < -0.4 is 4.90 Å². The van der Waals surface area contributed by atoms with Crippen LogP contribution in [0.25, 0.3) is 38.6 Å². The Kier molecular flexibility index (Phi) is 5.67. The third-order valence-electron chi connectivity index (χ3n) is 8.84. The molecule has 1 aliphatic rings. The number of hydrogen-bond donors (Lipinski definition) is 0. The summed E-state index contributed by atoms with van der Waals surface area (Å²) in [6, 6.07) is 50.7. The molecule has 0 N–H and O–H groups in total. The normalized spacial score (nSPS) is 13.3. The van der Waals surface area contributed by atoms with Crippen molar-refractivity contribution in [3.05, 3.63) is 155 Å². The molecule has 0 unspecified atom stereocenters. The zero-order valence-electron chi connectivity index (χ0n) is 23.6. The molecule has 0 aliphatic heterocycles. The van der Waals surface area contributed by atoms with Gasteiger partial charge in [0.1, 0.15) is 0 Å². The SMILES string of the molecule is CC1(C)c2ccccc2-c2ccc(N(c3ccc(Br)cc3)c3ccc4c(c3)c3ccccc3n4-c3ccccc3)cc21. The molecule has 0 fully saturated rings. The average Bonchev–Trinajstić information content (AvgIpc) is 3.47. The number of rotatable bonds is 4. The Morgan fingerprint density at radius 1 is 0.524 bits per heavy atom. The molecule has 0 radical (unpaired) electrons. The molecular formula is C39H29BrN2. The second kappa shape index (κ2) is 9.47. The monoisotopic (exact) mass is 604 g/mol. The van der Waals surface area contributed by atoms with Gasteiger partial charge in [0.25, 0.3) is 0 Å². The number of nitrogens with zero attached hydrogens (tertiary/aromatic N) is 2. The second-order valence-corrected chi connectivity index (χ2v) is 12.5. The molecule has 2 nitrogen and oxygen atoms in total. The summed E-state index contributed by atoms with van der Waals surface area (Å²) in [4.78, 5) is 2.39. The Bertz CT molecular complexity index is 2120. The zero-order chi connectivity index (χ0) is 28.4. The summed E-state index contributed by atoms with van der Waals surface area (Å²) < 4.78 is 3.44. The molecule has 1 aliphatic carbocycles. The Morgan fingerprint density at radius 3 is 1.98 bits per heavy atom. The quantitative estimate of drug-likeness (QED) is 0.194. The van der Waals surface area contributed by atoms with Gasteiger partial charge in [-0.05, 0) is 95.1 Å². The molecule has 8 rings (SSSR count). The molecule has 0 amide bonds. The van der Waals surface area contributed by atoms with Crippen LogP contribution in [0.15, 0.2) is 144 Å². The van der Waals surface area contributed by atoms with Gasteiger partial charge in [-0.15, -0.1) is 0 Å². The van der Waals surface area contributed by atoms with Gasteiger partial charge < -0.3 is 9.47 Å². The minimum absolute atomic E-state index is 0.0691. The highest BCUT2D eigenvalue weighted by molar-refractivity contribution is 9.10. The first-order valence-corrected chi connectivity index (χ1v) is 15.2. The van der Waals surface area contributed by atoms with Crippen LogP contribution in [-0.2, 0) is 5.41 Å². The minimum Gasteiger partial charge on any atom is -0.310 e. The molecule has 3 heteroatoms. The van der Waals surface area contributed by atoms with E-state index in [-0.39, 0.29) is 5.41 Å². The maximum Gasteiger partial charge on any atom is 0.0542 e. The van der Waals surface area contributed by atoms with Crippen molar-refractivity contribution in [3.63, 3.8) is 0 Å². The third kappa shape index (κ3) is 3.77. The van der Waals surface area contributed by atoms with Gasteiger partial charge in [0.05, 0.1) is 11.0 Å². The zero-order valence-corrected chi connectivity index (χ0v) is 25.1. The standard InChI is InChI=1S/C39H29BrN2/c1-39(2)35-14-8-6-12-31(35)32-22-20-30(25-36(32)39)41(28-18-16-26(40)17-19-28)29-21-23-38-34(24-29)33-13-7-9-15-37(33)42(38)27-10-4-3-5-11-27/h3-25H,1-2H3. The van der Waals surface area contributed by atoms with Crippen LogP contribution in [0.5, 0.6) is 0 Å². The van der Waals surface area contributed by atoms with Crippen LogP contribution in [0.1, 0.15) is 25.0 Å². The fourth-order valence-electron chi connectivity index (χ4n) is 6.82. The predicted molar refractivity (Wildman–Crippen MR) is 181 cm³/mol. The lowest BCUT2D eigenvalue weighted by atomic mass is 9.82. The lowest BCUT2D eigenvalue weighted by molar-refractivity contribution is 0.660. The molecule has 0 bridgehead atoms. The Labute approximate surface area is 254 Å². The van der Waals surface area contributed by atoms with E-state index < -0.39 is 0 Å². The Balaban J connectivity index is 1.35. The Morgan fingerprint density at radius 2 is 1.14 bits per heavy atom. The van der Waals surface area contributed by atoms with Crippen molar-refractivity contribution in [2.45, 2.75) is 19.3 Å². The van der Waals surface area contributed by atoms with Crippen molar-refractivity contribution in [2.24, 2.45) is 0 Å². The number of halogens is 1. The van der Waals surface area contributed by atoms with Gasteiger partial charge in [-0.1, -0.05) is 96.5 Å². The fraction of sp³-hybridized carbons (Fsp3) is 0.0769. The van der Waals surface area contributed by atoms with Crippen molar-refractivity contribution < 1.29 is 0 Å². The number of benzene rings is 6. The van der Waals surface area contributed by atoms with Gasteiger partial charge in [0, 0.05) is 43.4 Å². The smallest absolute Gasteiger partial charge is 0.0542 e. The summed E-state index contributed by atoms with van der Waals surface area (Å²) in [6.07, 6.45) is 0. The highest BCUT2D eigenvalue weighted by Gasteiger charge is 2.35. The molecule has 1 heterocycles. The second-order valence-electron chi connectivity index (χ2n) is 11.6. The van der Waals surface area contributed by atoms with Crippen LogP contribution in [0.2, 0.25) is 0 Å². The number of anilines is 3. The molecule has 0 saturated heterocycles. The number of aromatic nitrogens is 1. The van der Waals surface area contributed by atoms with Crippen molar-refractivity contribution >= 4 is 54.8 Å². The van der Waals surface area contributed by atoms with E-state index in [0.29, 0.717) is 0 Å². The molecule has 202 valence electrons. The molecule has 0 spiro atoms. The fourth-order valence-corrected chi connectivity index (χ4v) is 7.09. The van der Waals surface area contributed by atoms with E-state index in [4.69, 9.17) is 0 Å². The number of para-hydroxylation sites is 2. The predicted octanol–water partition coefficient (Wildman–Crippen LogP) is 11.3. The maximum absolute atomic E-state index is 3.64. The van der Waals surface area contributed by atoms with E-state index in [0.717, 1.165) is 21.5 Å². The van der Waals surface area contributed by atoms with Crippen molar-refractivity contribution in [2.75, 3.05) is 4.90 Å². The van der Waals surface area contributed by atoms with Crippen molar-refractivity contribution in [1.82, 2.24) is 4.57 Å². The molecule has 0 atom stereocenters. The van der Waals surface area contributed by atoms with E-state index in [1.165, 1.54) is 49.7 Å². The molecule has 7 aromatic rings. The van der Waals surface area contributed by atoms with Gasteiger partial charge in [0.15, 0.2) is 0 Å². The van der Waals surface area contributed by atoms with E-state index in [1.54, 1.807) is 0 Å². The highest BCUT2D eigenvalue weighted by Crippen LogP contribution is 2.50. The summed E-state index contributed by atoms with van der Waals surface area (Å²) in [5.41, 5.74) is 12.4. The summed E-state index contributed by atoms with van der Waals surface area (Å²) in [7, 11) is 0. The topological polar surface area (TPSA) is 8.17 Å². The van der Waals surface area contributed by atoms with Crippen LogP contribution >= 0.6 is 15.9 Å². The molecule has 42 heavy (non-hydrogen) atoms. The average molecular weight is 606 g/mol. The molecule has 1 aromatic heterocycles. The van der Waals surface area contributed by atoms with Gasteiger partial charge >= 0.3 is 0 Å². The van der Waals surface area contributed by atoms with E-state index >= 15 is 0 Å². The van der Waals surface area contributed by atoms with Crippen LogP contribution in [-0.4, -0.2) is 4.57 Å². The summed E-state index contributed by atoms with van der Waals surface area (Å²) >= 11 is 3.64. The van der Waals surface area contributed by atoms with Gasteiger partial charge in [0.2, 0.25) is 0 Å². The van der Waals surface area contributed by atoms with Gasteiger partial charge in [-0.3, -0.25) is 0 Å². The molecular weight excluding hydrogens is 576 g/mol. The maximum atomic E-state index is 3.64. The van der Waals surface area contributed by atoms with E-state index in [1.807, 2.05) is 0 Å². The van der Waals surface area contributed by atoms with E-state index in [2.05, 4.69) is 179 Å². The number of fused-ring (bicyclic) bond motifs is 6. The minimum atomic E-state index is -0.0691. The van der Waals surface area contributed by atoms with Crippen LogP contribution in [0.3, 0.4) is 0 Å². The highest BCUT2D eigenvalue weighted by atomic mass is 79.9. The lowest BCUT2D eigenvalue weighted by Gasteiger charge is -2.28. The summed E-state index contributed by atoms with van der Waals surface area (Å²) in [5.74, 6) is 0. The van der Waals surface area contributed by atoms with Gasteiger partial charge in [-0.25, -0.2) is 0 Å². The van der Waals surface area contributed by atoms with Gasteiger partial charge in [-0.2, -0.15) is 0 Å². The van der Waals surface area contributed by atoms with E-state index in [9.17, 15) is 0 Å². The lowest BCUT2D eigenvalue weighted by Crippen LogP contribution is -2.16.